The number of halogens is 1. The van der Waals surface area contributed by atoms with Crippen LogP contribution >= 0.6 is 35.3 Å². The van der Waals surface area contributed by atoms with Crippen LogP contribution in [0.3, 0.4) is 0 Å². The molecule has 0 aromatic carbocycles. The largest absolute Gasteiger partial charge is 0.376 e. The Morgan fingerprint density at radius 3 is 2.96 bits per heavy atom. The van der Waals surface area contributed by atoms with E-state index in [0.29, 0.717) is 18.2 Å². The Labute approximate surface area is 166 Å². The lowest BCUT2D eigenvalue weighted by molar-refractivity contribution is -0.0327. The first-order valence-electron chi connectivity index (χ1n) is 8.70. The summed E-state index contributed by atoms with van der Waals surface area (Å²) in [5.41, 5.74) is 0. The molecule has 1 aromatic rings. The lowest BCUT2D eigenvalue weighted by atomic mass is 10.1. The van der Waals surface area contributed by atoms with Crippen LogP contribution in [-0.2, 0) is 4.74 Å². The van der Waals surface area contributed by atoms with Gasteiger partial charge in [-0.3, -0.25) is 9.89 Å². The summed E-state index contributed by atoms with van der Waals surface area (Å²) < 4.78 is 5.70. The molecule has 136 valence electrons. The quantitative estimate of drug-likeness (QED) is 0.386. The summed E-state index contributed by atoms with van der Waals surface area (Å²) in [6.45, 7) is 8.73. The van der Waals surface area contributed by atoms with E-state index in [9.17, 15) is 0 Å². The van der Waals surface area contributed by atoms with Gasteiger partial charge in [-0.2, -0.15) is 0 Å². The smallest absolute Gasteiger partial charge is 0.191 e. The average Bonchev–Trinajstić information content (AvgIpc) is 3.19. The molecule has 2 atom stereocenters. The van der Waals surface area contributed by atoms with Gasteiger partial charge in [-0.15, -0.1) is 35.3 Å². The molecule has 1 saturated heterocycles. The van der Waals surface area contributed by atoms with Crippen molar-refractivity contribution in [2.24, 2.45) is 4.99 Å². The second kappa shape index (κ2) is 9.94. The highest BCUT2D eigenvalue weighted by Crippen LogP contribution is 2.27. The van der Waals surface area contributed by atoms with Crippen LogP contribution in [0.4, 0.5) is 0 Å². The van der Waals surface area contributed by atoms with Crippen molar-refractivity contribution in [3.8, 4) is 0 Å². The molecule has 1 aliphatic carbocycles. The zero-order valence-electron chi connectivity index (χ0n) is 14.5. The zero-order chi connectivity index (χ0) is 16.1. The summed E-state index contributed by atoms with van der Waals surface area (Å²) in [5, 5.41) is 9.03. The van der Waals surface area contributed by atoms with E-state index in [2.05, 4.69) is 46.9 Å². The maximum absolute atomic E-state index is 5.70. The van der Waals surface area contributed by atoms with Crippen LogP contribution < -0.4 is 10.6 Å². The first-order valence-corrected chi connectivity index (χ1v) is 9.58. The maximum Gasteiger partial charge on any atom is 0.191 e. The molecule has 3 rings (SSSR count). The molecule has 1 aliphatic heterocycles. The number of nitrogens with zero attached hydrogens (tertiary/aromatic N) is 2. The Kier molecular flexibility index (Phi) is 8.25. The van der Waals surface area contributed by atoms with Crippen LogP contribution in [0.1, 0.15) is 37.6 Å². The molecule has 2 unspecified atom stereocenters. The van der Waals surface area contributed by atoms with Crippen molar-refractivity contribution in [2.75, 3.05) is 32.8 Å². The molecule has 2 heterocycles. The number of aliphatic imine (C=N–C) groups is 1. The highest BCUT2D eigenvalue weighted by Gasteiger charge is 2.27. The summed E-state index contributed by atoms with van der Waals surface area (Å²) in [7, 11) is 0. The molecular formula is C17H29IN4OS. The number of thiophene rings is 1. The van der Waals surface area contributed by atoms with Crippen LogP contribution in [0.5, 0.6) is 0 Å². The van der Waals surface area contributed by atoms with Crippen molar-refractivity contribution in [1.82, 2.24) is 15.5 Å². The van der Waals surface area contributed by atoms with Crippen LogP contribution in [-0.4, -0.2) is 55.8 Å². The minimum absolute atomic E-state index is 0. The number of ether oxygens (including phenoxy) is 1. The number of guanidine groups is 1. The van der Waals surface area contributed by atoms with Gasteiger partial charge in [0.1, 0.15) is 0 Å². The molecule has 2 fully saturated rings. The second-order valence-corrected chi connectivity index (χ2v) is 7.33. The summed E-state index contributed by atoms with van der Waals surface area (Å²) in [6.07, 6.45) is 2.83. The lowest BCUT2D eigenvalue weighted by Gasteiger charge is -2.36. The second-order valence-electron chi connectivity index (χ2n) is 6.35. The SMILES string of the molecule is CCNC(=NCC(c1cccs1)N1CCOC(C)C1)NC1CC1.I. The molecule has 0 bridgehead atoms. The molecule has 1 saturated carbocycles. The van der Waals surface area contributed by atoms with Gasteiger partial charge in [0.25, 0.3) is 0 Å². The van der Waals surface area contributed by atoms with Gasteiger partial charge in [-0.25, -0.2) is 0 Å². The van der Waals surface area contributed by atoms with Crippen molar-refractivity contribution in [2.45, 2.75) is 44.9 Å². The number of nitrogens with one attached hydrogen (secondary N) is 2. The Morgan fingerprint density at radius 1 is 1.50 bits per heavy atom. The minimum Gasteiger partial charge on any atom is -0.376 e. The number of morpholine rings is 1. The molecule has 0 spiro atoms. The van der Waals surface area contributed by atoms with Crippen LogP contribution in [0.25, 0.3) is 0 Å². The summed E-state index contributed by atoms with van der Waals surface area (Å²) >= 11 is 1.82. The molecule has 7 heteroatoms. The van der Waals surface area contributed by atoms with Crippen molar-refractivity contribution >= 4 is 41.3 Å². The Bertz CT molecular complexity index is 507. The van der Waals surface area contributed by atoms with E-state index < -0.39 is 0 Å². The Balaban J connectivity index is 0.00000208. The van der Waals surface area contributed by atoms with E-state index in [1.54, 1.807) is 0 Å². The van der Waals surface area contributed by atoms with E-state index in [-0.39, 0.29) is 24.0 Å². The first-order chi connectivity index (χ1) is 11.3. The summed E-state index contributed by atoms with van der Waals surface area (Å²) in [6, 6.07) is 5.33. The third-order valence-corrected chi connectivity index (χ3v) is 5.24. The molecule has 0 radical (unpaired) electrons. The molecule has 0 amide bonds. The van der Waals surface area contributed by atoms with Gasteiger partial charge in [-0.1, -0.05) is 6.07 Å². The van der Waals surface area contributed by atoms with E-state index >= 15 is 0 Å². The van der Waals surface area contributed by atoms with E-state index in [4.69, 9.17) is 9.73 Å². The normalized spacial score (nSPS) is 23.4. The number of rotatable bonds is 6. The van der Waals surface area contributed by atoms with Gasteiger partial charge >= 0.3 is 0 Å². The number of hydrogen-bond acceptors (Lipinski definition) is 4. The van der Waals surface area contributed by atoms with Crippen LogP contribution in [0.2, 0.25) is 0 Å². The molecule has 2 aliphatic rings. The molecule has 2 N–H and O–H groups in total. The number of hydrogen-bond donors (Lipinski definition) is 2. The molecular weight excluding hydrogens is 435 g/mol. The lowest BCUT2D eigenvalue weighted by Crippen LogP contribution is -2.44. The van der Waals surface area contributed by atoms with Crippen molar-refractivity contribution < 1.29 is 4.74 Å². The average molecular weight is 464 g/mol. The van der Waals surface area contributed by atoms with E-state index in [1.165, 1.54) is 17.7 Å². The highest BCUT2D eigenvalue weighted by molar-refractivity contribution is 14.0. The third-order valence-electron chi connectivity index (χ3n) is 4.27. The molecule has 24 heavy (non-hydrogen) atoms. The summed E-state index contributed by atoms with van der Waals surface area (Å²) in [5.74, 6) is 0.956. The van der Waals surface area contributed by atoms with Crippen LogP contribution in [0, 0.1) is 0 Å². The fourth-order valence-electron chi connectivity index (χ4n) is 2.91. The van der Waals surface area contributed by atoms with Crippen molar-refractivity contribution in [3.63, 3.8) is 0 Å². The fourth-order valence-corrected chi connectivity index (χ4v) is 3.77. The molecule has 5 nitrogen and oxygen atoms in total. The fraction of sp³-hybridized carbons (Fsp3) is 0.706. The minimum atomic E-state index is 0. The predicted molar refractivity (Wildman–Crippen MR) is 112 cm³/mol. The van der Waals surface area contributed by atoms with Gasteiger partial charge in [0, 0.05) is 30.6 Å². The maximum atomic E-state index is 5.70. The Morgan fingerprint density at radius 2 is 2.33 bits per heavy atom. The monoisotopic (exact) mass is 464 g/mol. The van der Waals surface area contributed by atoms with Gasteiger partial charge in [0.05, 0.1) is 25.3 Å². The van der Waals surface area contributed by atoms with E-state index in [1.807, 2.05) is 11.3 Å². The standard InChI is InChI=1S/C17H28N4OS.HI/c1-3-18-17(20-14-6-7-14)19-11-15(16-5-4-10-23-16)21-8-9-22-13(2)12-21;/h4-5,10,13-15H,3,6-9,11-12H2,1-2H3,(H2,18,19,20);1H. The first kappa shape index (κ1) is 19.9. The van der Waals surface area contributed by atoms with Crippen LogP contribution in [0.15, 0.2) is 22.5 Å². The van der Waals surface area contributed by atoms with E-state index in [0.717, 1.165) is 38.7 Å². The highest BCUT2D eigenvalue weighted by atomic mass is 127. The van der Waals surface area contributed by atoms with Gasteiger partial charge in [-0.05, 0) is 38.1 Å². The topological polar surface area (TPSA) is 48.9 Å². The predicted octanol–water partition coefficient (Wildman–Crippen LogP) is 2.85. The van der Waals surface area contributed by atoms with Gasteiger partial charge in [0.15, 0.2) is 5.96 Å². The van der Waals surface area contributed by atoms with Crippen molar-refractivity contribution in [1.29, 1.82) is 0 Å². The van der Waals surface area contributed by atoms with Crippen molar-refractivity contribution in [3.05, 3.63) is 22.4 Å². The summed E-state index contributed by atoms with van der Waals surface area (Å²) in [4.78, 5) is 8.78. The molecule has 1 aromatic heterocycles. The third kappa shape index (κ3) is 5.86. The zero-order valence-corrected chi connectivity index (χ0v) is 17.7. The van der Waals surface area contributed by atoms with Gasteiger partial charge < -0.3 is 15.4 Å². The Hall–Kier alpha value is -0.380. The van der Waals surface area contributed by atoms with Gasteiger partial charge in [0.2, 0.25) is 0 Å².